The van der Waals surface area contributed by atoms with Gasteiger partial charge in [0.2, 0.25) is 10.9 Å². The summed E-state index contributed by atoms with van der Waals surface area (Å²) >= 11 is 0. The van der Waals surface area contributed by atoms with Crippen molar-refractivity contribution in [1.82, 2.24) is 0 Å². The summed E-state index contributed by atoms with van der Waals surface area (Å²) in [4.78, 5) is 27.8. The third-order valence-electron chi connectivity index (χ3n) is 10.3. The number of anilines is 2. The fraction of sp³-hybridized carbons (Fsp3) is 0.222. The predicted molar refractivity (Wildman–Crippen MR) is 272 cm³/mol. The van der Waals surface area contributed by atoms with Crippen LogP contribution in [0.25, 0.3) is 0 Å². The van der Waals surface area contributed by atoms with Crippen LogP contribution in [0.3, 0.4) is 0 Å². The maximum Gasteiger partial charge on any atom is 0.241 e. The minimum atomic E-state index is -0.922. The lowest BCUT2D eigenvalue weighted by Gasteiger charge is -2.06. The van der Waals surface area contributed by atoms with E-state index in [1.54, 1.807) is 36.4 Å². The topological polar surface area (TPSA) is 202 Å². The molecular weight excluding hydrogens is 865 g/mol. The van der Waals surface area contributed by atoms with Crippen molar-refractivity contribution in [1.29, 1.82) is 0 Å². The van der Waals surface area contributed by atoms with Crippen LogP contribution >= 0.6 is 0 Å². The summed E-state index contributed by atoms with van der Waals surface area (Å²) in [7, 11) is 0. The zero-order valence-electron chi connectivity index (χ0n) is 39.4. The van der Waals surface area contributed by atoms with E-state index in [-0.39, 0.29) is 18.1 Å². The predicted octanol–water partition coefficient (Wildman–Crippen LogP) is 12.5. The van der Waals surface area contributed by atoms with Gasteiger partial charge in [-0.25, -0.2) is 0 Å². The zero-order chi connectivity index (χ0) is 48.7. The van der Waals surface area contributed by atoms with Gasteiger partial charge in [0.1, 0.15) is 0 Å². The molecule has 7 aromatic carbocycles. The van der Waals surface area contributed by atoms with Crippen LogP contribution in [0, 0.1) is 0 Å². The molecule has 15 heteroatoms. The van der Waals surface area contributed by atoms with Crippen LogP contribution in [0.4, 0.5) is 39.8 Å². The Hall–Kier alpha value is -8.46. The number of azo groups is 4. The lowest BCUT2D eigenvalue weighted by molar-refractivity contribution is 0.467. The van der Waals surface area contributed by atoms with Crippen molar-refractivity contribution in [3.05, 3.63) is 210 Å². The number of phenols is 1. The maximum absolute atomic E-state index is 13.9. The molecule has 0 radical (unpaired) electrons. The van der Waals surface area contributed by atoms with Gasteiger partial charge < -0.3 is 5.11 Å². The van der Waals surface area contributed by atoms with Gasteiger partial charge in [0, 0.05) is 0 Å². The first-order valence-electron chi connectivity index (χ1n) is 22.7. The third-order valence-corrected chi connectivity index (χ3v) is 10.3. The van der Waals surface area contributed by atoms with Crippen LogP contribution in [0.5, 0.6) is 5.75 Å². The Morgan fingerprint density at radius 2 is 0.667 bits per heavy atom. The van der Waals surface area contributed by atoms with E-state index in [9.17, 15) is 14.7 Å². The average molecular weight is 919 g/mol. The fourth-order valence-corrected chi connectivity index (χ4v) is 6.67. The van der Waals surface area contributed by atoms with Gasteiger partial charge >= 0.3 is 0 Å². The molecule has 0 aliphatic carbocycles. The van der Waals surface area contributed by atoms with Crippen LogP contribution < -0.4 is 32.4 Å². The van der Waals surface area contributed by atoms with Gasteiger partial charge in [-0.15, -0.1) is 5.11 Å². The van der Waals surface area contributed by atoms with E-state index in [2.05, 4.69) is 62.0 Å². The molecule has 0 saturated carbocycles. The number of nitrogens with one attached hydrogen (secondary N) is 2. The Labute approximate surface area is 400 Å². The van der Waals surface area contributed by atoms with Crippen molar-refractivity contribution in [3.63, 3.8) is 0 Å². The minimum absolute atomic E-state index is 0.118. The van der Waals surface area contributed by atoms with E-state index >= 15 is 0 Å². The van der Waals surface area contributed by atoms with Gasteiger partial charge in [0.15, 0.2) is 22.2 Å². The molecule has 3 N–H and O–H groups in total. The van der Waals surface area contributed by atoms with Crippen LogP contribution in [0.2, 0.25) is 0 Å². The van der Waals surface area contributed by atoms with Gasteiger partial charge in [-0.1, -0.05) is 72.8 Å². The number of nitrogens with zero attached hydrogens (tertiary/aromatic N) is 10. The average Bonchev–Trinajstić information content (AvgIpc) is 3.34. The van der Waals surface area contributed by atoms with Crippen molar-refractivity contribution >= 4 is 39.8 Å². The highest BCUT2D eigenvalue weighted by Crippen LogP contribution is 2.24. The Morgan fingerprint density at radius 3 is 0.986 bits per heavy atom. The summed E-state index contributed by atoms with van der Waals surface area (Å²) in [5.74, 6) is -0.735. The van der Waals surface area contributed by atoms with Crippen molar-refractivity contribution in [2.24, 2.45) is 51.1 Å². The largest absolute Gasteiger partial charge is 0.504 e. The Bertz CT molecular complexity index is 3170. The number of rotatable bonds is 18. The van der Waals surface area contributed by atoms with Crippen molar-refractivity contribution in [3.8, 4) is 5.75 Å². The normalized spacial score (nSPS) is 12.6. The summed E-state index contributed by atoms with van der Waals surface area (Å²) < 4.78 is 0. The summed E-state index contributed by atoms with van der Waals surface area (Å²) in [6, 6.07) is 46.2. The molecule has 7 rings (SSSR count). The van der Waals surface area contributed by atoms with Gasteiger partial charge in [0.05, 0.1) is 52.2 Å². The van der Waals surface area contributed by atoms with Crippen LogP contribution in [0.1, 0.15) is 74.9 Å². The summed E-state index contributed by atoms with van der Waals surface area (Å²) in [5.41, 5.74) is 13.6. The molecule has 0 bridgehead atoms. The van der Waals surface area contributed by atoms with Gasteiger partial charge in [0.25, 0.3) is 0 Å². The smallest absolute Gasteiger partial charge is 0.241 e. The highest BCUT2D eigenvalue weighted by Gasteiger charge is 2.17. The first-order valence-corrected chi connectivity index (χ1v) is 22.7. The molecule has 0 heterocycles. The molecule has 0 aromatic heterocycles. The van der Waals surface area contributed by atoms with Crippen molar-refractivity contribution in [2.75, 3.05) is 10.9 Å². The van der Waals surface area contributed by atoms with E-state index in [0.717, 1.165) is 50.4 Å². The SMILES string of the molecule is CC(C)N=Nc1ccc(Cc2ccc(N=Nc3c(O)/c(=N/Nc4ccc(Cc5ccc(N=NC(C)C)cc5)cc4)c(=O)/c(=N\Nc4ccc(Cc5ccc(N=NC(C)C)cc5)cc4)c3=O)cc2)cc1. The molecule has 0 saturated heterocycles. The van der Waals surface area contributed by atoms with Crippen LogP contribution in [-0.4, -0.2) is 23.2 Å². The summed E-state index contributed by atoms with van der Waals surface area (Å²) in [6.45, 7) is 11.9. The molecule has 0 atom stereocenters. The van der Waals surface area contributed by atoms with E-state index in [4.69, 9.17) is 0 Å². The highest BCUT2D eigenvalue weighted by molar-refractivity contribution is 5.52. The standard InChI is InChI=1S/C54H54N12O3/c1-34(2)55-58-43-19-7-37(8-20-43)31-40-13-25-46(26-14-40)61-64-49-52(67)50(65-62-47-27-15-41(16-28-47)32-38-9-21-44(22-10-38)59-56-35(3)4)54(69)51(53(49)68)66-63-48-29-17-42(18-30-48)33-39-11-23-45(24-12-39)60-57-36(5)6/h7-30,34-36,61-62,68H,31-33H2,1-6H3/b58-55?,59-56?,60-57?,64-49+,65-50+,66-63?. The lowest BCUT2D eigenvalue weighted by Crippen LogP contribution is -2.48. The molecule has 15 nitrogen and oxygen atoms in total. The lowest BCUT2D eigenvalue weighted by atomic mass is 10.0. The molecule has 0 aliphatic rings. The Balaban J connectivity index is 1.12. The second kappa shape index (κ2) is 23.3. The van der Waals surface area contributed by atoms with E-state index < -0.39 is 33.0 Å². The molecule has 0 unspecified atom stereocenters. The van der Waals surface area contributed by atoms with Crippen molar-refractivity contribution < 1.29 is 5.11 Å². The number of hydrogen-bond donors (Lipinski definition) is 3. The summed E-state index contributed by atoms with van der Waals surface area (Å²) in [5, 5.41) is 52.7. The first-order chi connectivity index (χ1) is 33.3. The van der Waals surface area contributed by atoms with E-state index in [0.29, 0.717) is 36.3 Å². The van der Waals surface area contributed by atoms with E-state index in [1.807, 2.05) is 151 Å². The molecule has 69 heavy (non-hydrogen) atoms. The minimum Gasteiger partial charge on any atom is -0.504 e. The fourth-order valence-electron chi connectivity index (χ4n) is 6.67. The van der Waals surface area contributed by atoms with Gasteiger partial charge in [-0.05, 0) is 167 Å². The van der Waals surface area contributed by atoms with E-state index in [1.165, 1.54) is 0 Å². The third kappa shape index (κ3) is 14.3. The summed E-state index contributed by atoms with van der Waals surface area (Å²) in [6.07, 6.45) is 2.01. The molecule has 0 aliphatic heterocycles. The number of phenolic OH excluding ortho intramolecular Hbond substituents is 1. The molecular formula is C54H54N12O3. The number of benzene rings is 7. The molecule has 0 spiro atoms. The molecule has 7 aromatic rings. The highest BCUT2D eigenvalue weighted by atomic mass is 16.3. The molecule has 348 valence electrons. The zero-order valence-corrected chi connectivity index (χ0v) is 39.4. The second-order valence-corrected chi connectivity index (χ2v) is 17.2. The quantitative estimate of drug-likeness (QED) is 0.0566. The monoisotopic (exact) mass is 918 g/mol. The van der Waals surface area contributed by atoms with Gasteiger partial charge in [-0.2, -0.15) is 46.0 Å². The molecule has 0 amide bonds. The van der Waals surface area contributed by atoms with Gasteiger partial charge in [-0.3, -0.25) is 20.4 Å². The van der Waals surface area contributed by atoms with Crippen LogP contribution in [0.15, 0.2) is 206 Å². The maximum atomic E-state index is 13.9. The number of aromatic hydroxyl groups is 1. The second-order valence-electron chi connectivity index (χ2n) is 17.2. The molecule has 0 fully saturated rings. The first kappa shape index (κ1) is 48.5. The van der Waals surface area contributed by atoms with Crippen molar-refractivity contribution in [2.45, 2.75) is 78.9 Å². The van der Waals surface area contributed by atoms with Crippen LogP contribution in [-0.2, 0) is 19.3 Å². The Kier molecular flexibility index (Phi) is 16.4. The number of hydrogen-bond acceptors (Lipinski definition) is 15. The Morgan fingerprint density at radius 1 is 0.377 bits per heavy atom.